The normalized spacial score (nSPS) is 11.0. The summed E-state index contributed by atoms with van der Waals surface area (Å²) in [6, 6.07) is 0. The summed E-state index contributed by atoms with van der Waals surface area (Å²) in [5, 5.41) is 20.9. The first-order valence-electron chi connectivity index (χ1n) is 6.38. The maximum absolute atomic E-state index is 11.6. The Morgan fingerprint density at radius 1 is 1.29 bits per heavy atom. The Kier molecular flexibility index (Phi) is 5.39. The van der Waals surface area contributed by atoms with Crippen LogP contribution in [0.2, 0.25) is 0 Å². The molecular weight excluding hydrogens is 278 g/mol. The minimum atomic E-state index is -1.21. The molecule has 0 saturated heterocycles. The summed E-state index contributed by atoms with van der Waals surface area (Å²) >= 11 is 0. The number of aromatic carboxylic acids is 1. The molecule has 116 valence electrons. The lowest BCUT2D eigenvalue weighted by atomic mass is 10.1. The van der Waals surface area contributed by atoms with Gasteiger partial charge in [-0.2, -0.15) is 0 Å². The number of nitrogens with one attached hydrogen (secondary N) is 2. The van der Waals surface area contributed by atoms with E-state index in [-0.39, 0.29) is 42.6 Å². The van der Waals surface area contributed by atoms with Crippen LogP contribution >= 0.6 is 0 Å². The molecule has 1 rings (SSSR count). The van der Waals surface area contributed by atoms with Crippen molar-refractivity contribution in [2.45, 2.75) is 39.3 Å². The fraction of sp³-hybridized carbons (Fsp3) is 0.583. The quantitative estimate of drug-likeness (QED) is 0.643. The summed E-state index contributed by atoms with van der Waals surface area (Å²) in [4.78, 5) is 33.7. The summed E-state index contributed by atoms with van der Waals surface area (Å²) in [5.41, 5.74) is -0.540. The third-order valence-corrected chi connectivity index (χ3v) is 2.25. The Labute approximate surface area is 121 Å². The van der Waals surface area contributed by atoms with Gasteiger partial charge in [-0.25, -0.2) is 9.48 Å². The van der Waals surface area contributed by atoms with Gasteiger partial charge in [-0.05, 0) is 20.8 Å². The molecule has 0 aromatic carbocycles. The smallest absolute Gasteiger partial charge is 0.358 e. The first kappa shape index (κ1) is 16.6. The highest BCUT2D eigenvalue weighted by Gasteiger charge is 2.14. The molecule has 9 nitrogen and oxygen atoms in total. The van der Waals surface area contributed by atoms with Crippen molar-refractivity contribution in [2.24, 2.45) is 0 Å². The van der Waals surface area contributed by atoms with Gasteiger partial charge in [0.05, 0.1) is 6.20 Å². The number of aromatic nitrogens is 3. The molecule has 0 aliphatic heterocycles. The van der Waals surface area contributed by atoms with Crippen molar-refractivity contribution in [3.8, 4) is 0 Å². The Balaban J connectivity index is 2.31. The van der Waals surface area contributed by atoms with Gasteiger partial charge < -0.3 is 15.7 Å². The Bertz CT molecular complexity index is 532. The van der Waals surface area contributed by atoms with Crippen LogP contribution in [0.4, 0.5) is 0 Å². The Morgan fingerprint density at radius 3 is 2.48 bits per heavy atom. The first-order chi connectivity index (χ1) is 9.67. The largest absolute Gasteiger partial charge is 0.476 e. The van der Waals surface area contributed by atoms with E-state index in [1.165, 1.54) is 0 Å². The molecule has 0 saturated carbocycles. The van der Waals surface area contributed by atoms with Gasteiger partial charge >= 0.3 is 5.97 Å². The molecule has 1 aromatic rings. The minimum Gasteiger partial charge on any atom is -0.476 e. The van der Waals surface area contributed by atoms with E-state index in [0.29, 0.717) is 0 Å². The number of hydrogen-bond donors (Lipinski definition) is 3. The maximum atomic E-state index is 11.6. The molecule has 9 heteroatoms. The number of hydrogen-bond acceptors (Lipinski definition) is 5. The molecule has 1 heterocycles. The summed E-state index contributed by atoms with van der Waals surface area (Å²) < 4.78 is 1.12. The van der Waals surface area contributed by atoms with Gasteiger partial charge in [0.25, 0.3) is 0 Å². The van der Waals surface area contributed by atoms with E-state index in [4.69, 9.17) is 5.11 Å². The molecule has 0 fully saturated rings. The van der Waals surface area contributed by atoms with E-state index < -0.39 is 5.97 Å². The van der Waals surface area contributed by atoms with E-state index in [9.17, 15) is 14.4 Å². The molecular formula is C12H19N5O4. The third kappa shape index (κ3) is 6.50. The lowest BCUT2D eigenvalue weighted by Gasteiger charge is -2.20. The van der Waals surface area contributed by atoms with Crippen LogP contribution in [0.1, 0.15) is 37.7 Å². The van der Waals surface area contributed by atoms with E-state index in [0.717, 1.165) is 10.9 Å². The molecule has 1 aromatic heterocycles. The summed E-state index contributed by atoms with van der Waals surface area (Å²) in [7, 11) is 0. The van der Waals surface area contributed by atoms with Crippen LogP contribution in [0.3, 0.4) is 0 Å². The molecule has 0 unspecified atom stereocenters. The predicted octanol–water partition coefficient (Wildman–Crippen LogP) is -0.603. The van der Waals surface area contributed by atoms with Crippen LogP contribution in [0.5, 0.6) is 0 Å². The van der Waals surface area contributed by atoms with Crippen molar-refractivity contribution < 1.29 is 19.5 Å². The van der Waals surface area contributed by atoms with Crippen molar-refractivity contribution in [1.29, 1.82) is 0 Å². The van der Waals surface area contributed by atoms with Crippen LogP contribution in [0, 0.1) is 0 Å². The second-order valence-electron chi connectivity index (χ2n) is 5.50. The van der Waals surface area contributed by atoms with Crippen LogP contribution < -0.4 is 10.6 Å². The van der Waals surface area contributed by atoms with Crippen molar-refractivity contribution in [1.82, 2.24) is 25.6 Å². The molecule has 2 amide bonds. The van der Waals surface area contributed by atoms with Crippen molar-refractivity contribution in [2.75, 3.05) is 6.54 Å². The monoisotopic (exact) mass is 297 g/mol. The lowest BCUT2D eigenvalue weighted by Crippen LogP contribution is -2.42. The van der Waals surface area contributed by atoms with Crippen molar-refractivity contribution in [3.63, 3.8) is 0 Å². The van der Waals surface area contributed by atoms with Crippen LogP contribution in [-0.2, 0) is 16.1 Å². The van der Waals surface area contributed by atoms with Crippen LogP contribution in [-0.4, -0.2) is 50.0 Å². The fourth-order valence-electron chi connectivity index (χ4n) is 1.47. The van der Waals surface area contributed by atoms with Gasteiger partial charge in [-0.15, -0.1) is 5.10 Å². The predicted molar refractivity (Wildman–Crippen MR) is 72.5 cm³/mol. The van der Waals surface area contributed by atoms with E-state index in [2.05, 4.69) is 20.9 Å². The average Bonchev–Trinajstić information content (AvgIpc) is 2.74. The number of carboxylic acid groups (broad SMARTS) is 1. The molecule has 0 aliphatic rings. The second-order valence-corrected chi connectivity index (χ2v) is 5.50. The van der Waals surface area contributed by atoms with Crippen molar-refractivity contribution >= 4 is 17.8 Å². The average molecular weight is 297 g/mol. The van der Waals surface area contributed by atoms with Crippen molar-refractivity contribution in [3.05, 3.63) is 11.9 Å². The molecule has 0 atom stereocenters. The molecule has 0 aliphatic carbocycles. The minimum absolute atomic E-state index is 0.152. The van der Waals surface area contributed by atoms with Gasteiger partial charge in [0.1, 0.15) is 6.54 Å². The van der Waals surface area contributed by atoms with E-state index in [1.807, 2.05) is 20.8 Å². The first-order valence-corrected chi connectivity index (χ1v) is 6.38. The van der Waals surface area contributed by atoms with Gasteiger partial charge in [-0.3, -0.25) is 9.59 Å². The van der Waals surface area contributed by atoms with Crippen LogP contribution in [0.15, 0.2) is 6.20 Å². The number of nitrogens with zero attached hydrogens (tertiary/aromatic N) is 3. The van der Waals surface area contributed by atoms with E-state index in [1.54, 1.807) is 0 Å². The Hall–Kier alpha value is -2.45. The number of amides is 2. The number of carbonyl (C=O) groups excluding carboxylic acids is 2. The topological polar surface area (TPSA) is 126 Å². The highest BCUT2D eigenvalue weighted by atomic mass is 16.4. The van der Waals surface area contributed by atoms with Crippen LogP contribution in [0.25, 0.3) is 0 Å². The molecule has 0 radical (unpaired) electrons. The van der Waals surface area contributed by atoms with Gasteiger partial charge in [0.2, 0.25) is 11.8 Å². The van der Waals surface area contributed by atoms with Gasteiger partial charge in [-0.1, -0.05) is 5.21 Å². The molecule has 21 heavy (non-hydrogen) atoms. The highest BCUT2D eigenvalue weighted by Crippen LogP contribution is 1.98. The number of carbonyl (C=O) groups is 3. The Morgan fingerprint density at radius 2 is 1.95 bits per heavy atom. The molecule has 3 N–H and O–H groups in total. The fourth-order valence-corrected chi connectivity index (χ4v) is 1.47. The lowest BCUT2D eigenvalue weighted by molar-refractivity contribution is -0.123. The SMILES string of the molecule is CC(C)(C)NC(=O)CCNC(=O)Cn1cc(C(=O)O)nn1. The third-order valence-electron chi connectivity index (χ3n) is 2.25. The van der Waals surface area contributed by atoms with E-state index >= 15 is 0 Å². The summed E-state index contributed by atoms with van der Waals surface area (Å²) in [5.74, 6) is -1.74. The molecule has 0 spiro atoms. The maximum Gasteiger partial charge on any atom is 0.358 e. The zero-order valence-corrected chi connectivity index (χ0v) is 12.2. The number of carboxylic acids is 1. The van der Waals surface area contributed by atoms with Gasteiger partial charge in [0, 0.05) is 18.5 Å². The molecule has 0 bridgehead atoms. The zero-order valence-electron chi connectivity index (χ0n) is 12.2. The summed E-state index contributed by atoms with van der Waals surface area (Å²) in [6.07, 6.45) is 1.33. The zero-order chi connectivity index (χ0) is 16.0. The van der Waals surface area contributed by atoms with Gasteiger partial charge in [0.15, 0.2) is 5.69 Å². The summed E-state index contributed by atoms with van der Waals surface area (Å²) in [6.45, 7) is 5.65. The highest BCUT2D eigenvalue weighted by molar-refractivity contribution is 5.85. The second kappa shape index (κ2) is 6.82. The number of rotatable bonds is 6. The standard InChI is InChI=1S/C12H19N5O4/c1-12(2,3)14-9(18)4-5-13-10(19)7-17-6-8(11(20)21)15-16-17/h6H,4-5,7H2,1-3H3,(H,13,19)(H,14,18)(H,20,21).